The van der Waals surface area contributed by atoms with Gasteiger partial charge in [0.05, 0.1) is 11.6 Å². The third kappa shape index (κ3) is 2.56. The molecule has 70 valence electrons. The van der Waals surface area contributed by atoms with Gasteiger partial charge in [-0.3, -0.25) is 4.79 Å². The molecule has 0 atom stereocenters. The highest BCUT2D eigenvalue weighted by molar-refractivity contribution is 5.94. The number of carbonyl (C=O) groups excluding carboxylic acids is 1. The molecule has 0 aliphatic rings. The lowest BCUT2D eigenvalue weighted by Gasteiger charge is -2.00. The van der Waals surface area contributed by atoms with E-state index in [2.05, 4.69) is 6.07 Å². The van der Waals surface area contributed by atoms with Gasteiger partial charge in [0, 0.05) is 0 Å². The van der Waals surface area contributed by atoms with Crippen molar-refractivity contribution in [1.29, 1.82) is 5.26 Å². The minimum absolute atomic E-state index is 0.0184. The second-order valence-corrected chi connectivity index (χ2v) is 3.13. The normalized spacial score (nSPS) is 10.8. The lowest BCUT2D eigenvalue weighted by Crippen LogP contribution is -1.87. The smallest absolute Gasteiger partial charge is 0.152 e. The first-order valence-electron chi connectivity index (χ1n) is 4.33. The van der Waals surface area contributed by atoms with Crippen molar-refractivity contribution in [2.24, 2.45) is 0 Å². The number of nitriles is 1. The fourth-order valence-electron chi connectivity index (χ4n) is 1.22. The lowest BCUT2D eigenvalue weighted by atomic mass is 10.0. The van der Waals surface area contributed by atoms with Gasteiger partial charge in [-0.25, -0.2) is 0 Å². The molecule has 0 N–H and O–H groups in total. The predicted molar refractivity (Wildman–Crippen MR) is 55.5 cm³/mol. The minimum atomic E-state index is 0.0184. The average molecular weight is 185 g/mol. The molecular formula is C12H11NO. The van der Waals surface area contributed by atoms with Crippen molar-refractivity contribution in [1.82, 2.24) is 0 Å². The van der Waals surface area contributed by atoms with Crippen LogP contribution >= 0.6 is 0 Å². The van der Waals surface area contributed by atoms with Gasteiger partial charge in [-0.1, -0.05) is 12.1 Å². The molecule has 0 saturated heterocycles. The topological polar surface area (TPSA) is 40.9 Å². The van der Waals surface area contributed by atoms with Gasteiger partial charge in [-0.05, 0) is 43.2 Å². The van der Waals surface area contributed by atoms with E-state index in [1.54, 1.807) is 18.2 Å². The third-order valence-corrected chi connectivity index (χ3v) is 1.87. The average Bonchev–Trinajstić information content (AvgIpc) is 2.17. The Bertz CT molecular complexity index is 424. The van der Waals surface area contributed by atoms with Gasteiger partial charge in [-0.2, -0.15) is 5.26 Å². The first-order chi connectivity index (χ1) is 6.63. The molecular weight excluding hydrogens is 174 g/mol. The molecule has 1 rings (SSSR count). The number of hydrogen-bond acceptors (Lipinski definition) is 2. The highest BCUT2D eigenvalue weighted by Crippen LogP contribution is 2.14. The van der Waals surface area contributed by atoms with Gasteiger partial charge in [0.1, 0.15) is 0 Å². The standard InChI is InChI=1S/C12H11NO/c1-9(6-10(2)14)12-5-3-4-11(7-12)8-13/h3-7H,1-2H3/b9-6-. The summed E-state index contributed by atoms with van der Waals surface area (Å²) in [6, 6.07) is 9.27. The summed E-state index contributed by atoms with van der Waals surface area (Å²) < 4.78 is 0. The molecule has 0 amide bonds. The van der Waals surface area contributed by atoms with Gasteiger partial charge < -0.3 is 0 Å². The van der Waals surface area contributed by atoms with Crippen LogP contribution in [0.4, 0.5) is 0 Å². The Kier molecular flexibility index (Phi) is 3.19. The lowest BCUT2D eigenvalue weighted by molar-refractivity contribution is -0.112. The van der Waals surface area contributed by atoms with Crippen LogP contribution in [0.15, 0.2) is 30.3 Å². The van der Waals surface area contributed by atoms with Crippen molar-refractivity contribution in [3.8, 4) is 6.07 Å². The highest BCUT2D eigenvalue weighted by Gasteiger charge is 1.98. The quantitative estimate of drug-likeness (QED) is 0.664. The Hall–Kier alpha value is -1.88. The highest BCUT2D eigenvalue weighted by atomic mass is 16.1. The fraction of sp³-hybridized carbons (Fsp3) is 0.167. The summed E-state index contributed by atoms with van der Waals surface area (Å²) in [5.74, 6) is 0.0184. The maximum Gasteiger partial charge on any atom is 0.152 e. The molecule has 14 heavy (non-hydrogen) atoms. The number of nitrogens with zero attached hydrogens (tertiary/aromatic N) is 1. The van der Waals surface area contributed by atoms with E-state index in [4.69, 9.17) is 5.26 Å². The molecule has 0 aliphatic carbocycles. The number of allylic oxidation sites excluding steroid dienone is 2. The van der Waals surface area contributed by atoms with Gasteiger partial charge >= 0.3 is 0 Å². The van der Waals surface area contributed by atoms with Crippen LogP contribution in [0.3, 0.4) is 0 Å². The largest absolute Gasteiger partial charge is 0.295 e. The van der Waals surface area contributed by atoms with Crippen molar-refractivity contribution in [3.05, 3.63) is 41.5 Å². The Morgan fingerprint density at radius 1 is 1.43 bits per heavy atom. The predicted octanol–water partition coefficient (Wildman–Crippen LogP) is 2.55. The second kappa shape index (κ2) is 4.38. The molecule has 2 heteroatoms. The van der Waals surface area contributed by atoms with Crippen LogP contribution in [-0.2, 0) is 4.79 Å². The van der Waals surface area contributed by atoms with Crippen LogP contribution in [0, 0.1) is 11.3 Å². The van der Waals surface area contributed by atoms with Crippen molar-refractivity contribution in [2.45, 2.75) is 13.8 Å². The minimum Gasteiger partial charge on any atom is -0.295 e. The van der Waals surface area contributed by atoms with Crippen molar-refractivity contribution >= 4 is 11.4 Å². The third-order valence-electron chi connectivity index (χ3n) is 1.87. The van der Waals surface area contributed by atoms with Crippen molar-refractivity contribution < 1.29 is 4.79 Å². The summed E-state index contributed by atoms with van der Waals surface area (Å²) >= 11 is 0. The van der Waals surface area contributed by atoms with E-state index in [1.807, 2.05) is 19.1 Å². The number of rotatable bonds is 2. The number of ketones is 1. The molecule has 2 nitrogen and oxygen atoms in total. The SMILES string of the molecule is CC(=O)/C=C(/C)c1cccc(C#N)c1. The molecule has 0 aliphatic heterocycles. The van der Waals surface area contributed by atoms with Gasteiger partial charge in [0.25, 0.3) is 0 Å². The molecule has 0 radical (unpaired) electrons. The van der Waals surface area contributed by atoms with Crippen LogP contribution in [0.2, 0.25) is 0 Å². The summed E-state index contributed by atoms with van der Waals surface area (Å²) in [4.78, 5) is 10.8. The number of benzene rings is 1. The Balaban J connectivity index is 3.09. The van der Waals surface area contributed by atoms with E-state index in [-0.39, 0.29) is 5.78 Å². The maximum absolute atomic E-state index is 10.8. The van der Waals surface area contributed by atoms with E-state index in [0.29, 0.717) is 5.56 Å². The van der Waals surface area contributed by atoms with Gasteiger partial charge in [0.15, 0.2) is 5.78 Å². The van der Waals surface area contributed by atoms with E-state index in [0.717, 1.165) is 11.1 Å². The summed E-state index contributed by atoms with van der Waals surface area (Å²) in [6.07, 6.45) is 1.57. The number of hydrogen-bond donors (Lipinski definition) is 0. The first kappa shape index (κ1) is 10.2. The summed E-state index contributed by atoms with van der Waals surface area (Å²) in [5, 5.41) is 8.69. The van der Waals surface area contributed by atoms with E-state index >= 15 is 0 Å². The molecule has 0 saturated carbocycles. The summed E-state index contributed by atoms with van der Waals surface area (Å²) in [6.45, 7) is 3.37. The summed E-state index contributed by atoms with van der Waals surface area (Å²) in [5.41, 5.74) is 2.41. The van der Waals surface area contributed by atoms with E-state index in [9.17, 15) is 4.79 Å². The molecule has 1 aromatic carbocycles. The molecule has 0 unspecified atom stereocenters. The van der Waals surface area contributed by atoms with Crippen LogP contribution < -0.4 is 0 Å². The van der Waals surface area contributed by atoms with Crippen molar-refractivity contribution in [3.63, 3.8) is 0 Å². The molecule has 0 aromatic heterocycles. The zero-order valence-electron chi connectivity index (χ0n) is 8.24. The summed E-state index contributed by atoms with van der Waals surface area (Å²) in [7, 11) is 0. The monoisotopic (exact) mass is 185 g/mol. The van der Waals surface area contributed by atoms with E-state index in [1.165, 1.54) is 6.92 Å². The maximum atomic E-state index is 10.8. The molecule has 0 spiro atoms. The number of carbonyl (C=O) groups is 1. The zero-order chi connectivity index (χ0) is 10.6. The Morgan fingerprint density at radius 2 is 2.14 bits per heavy atom. The molecule has 1 aromatic rings. The van der Waals surface area contributed by atoms with Crippen LogP contribution in [0.5, 0.6) is 0 Å². The van der Waals surface area contributed by atoms with Gasteiger partial charge in [0.2, 0.25) is 0 Å². The van der Waals surface area contributed by atoms with Gasteiger partial charge in [-0.15, -0.1) is 0 Å². The van der Waals surface area contributed by atoms with Crippen molar-refractivity contribution in [2.75, 3.05) is 0 Å². The molecule has 0 fully saturated rings. The molecule has 0 heterocycles. The zero-order valence-corrected chi connectivity index (χ0v) is 8.24. The fourth-order valence-corrected chi connectivity index (χ4v) is 1.22. The molecule has 0 bridgehead atoms. The van der Waals surface area contributed by atoms with Crippen LogP contribution in [-0.4, -0.2) is 5.78 Å². The first-order valence-corrected chi connectivity index (χ1v) is 4.33. The second-order valence-electron chi connectivity index (χ2n) is 3.13. The van der Waals surface area contributed by atoms with Crippen LogP contribution in [0.1, 0.15) is 25.0 Å². The van der Waals surface area contributed by atoms with E-state index < -0.39 is 0 Å². The Morgan fingerprint density at radius 3 is 2.71 bits per heavy atom. The van der Waals surface area contributed by atoms with Crippen LogP contribution in [0.25, 0.3) is 5.57 Å². The Labute approximate surface area is 83.5 Å².